The zero-order chi connectivity index (χ0) is 17.4. The van der Waals surface area contributed by atoms with Crippen molar-refractivity contribution in [2.45, 2.75) is 25.4 Å². The third-order valence-electron chi connectivity index (χ3n) is 5.06. The van der Waals surface area contributed by atoms with Gasteiger partial charge in [-0.05, 0) is 37.1 Å². The first-order valence-corrected chi connectivity index (χ1v) is 8.69. The van der Waals surface area contributed by atoms with Crippen molar-refractivity contribution in [2.75, 3.05) is 20.6 Å². The number of hydrogen-bond donors (Lipinski definition) is 2. The van der Waals surface area contributed by atoms with Crippen LogP contribution in [-0.4, -0.2) is 51.5 Å². The van der Waals surface area contributed by atoms with Gasteiger partial charge < -0.3 is 9.88 Å². The lowest BCUT2D eigenvalue weighted by molar-refractivity contribution is 0.0824. The third kappa shape index (κ3) is 2.82. The maximum absolute atomic E-state index is 12.4. The first-order valence-electron chi connectivity index (χ1n) is 8.69. The molecule has 3 aromatic rings. The fourth-order valence-electron chi connectivity index (χ4n) is 3.81. The molecule has 25 heavy (non-hydrogen) atoms. The van der Waals surface area contributed by atoms with Crippen LogP contribution in [0.25, 0.3) is 10.9 Å². The Morgan fingerprint density at radius 3 is 3.08 bits per heavy atom. The number of rotatable bonds is 4. The van der Waals surface area contributed by atoms with E-state index in [1.807, 2.05) is 6.20 Å². The molecule has 3 heterocycles. The summed E-state index contributed by atoms with van der Waals surface area (Å²) in [5.74, 6) is 0.00309. The van der Waals surface area contributed by atoms with Crippen molar-refractivity contribution in [3.8, 4) is 0 Å². The molecule has 130 valence electrons. The van der Waals surface area contributed by atoms with Gasteiger partial charge in [0.25, 0.3) is 5.91 Å². The Kier molecular flexibility index (Phi) is 4.05. The first kappa shape index (κ1) is 15.9. The maximum atomic E-state index is 12.4. The largest absolute Gasteiger partial charge is 0.361 e. The number of nitrogens with zero attached hydrogens (tertiary/aromatic N) is 3. The van der Waals surface area contributed by atoms with Gasteiger partial charge in [-0.2, -0.15) is 5.10 Å². The molecule has 0 bridgehead atoms. The van der Waals surface area contributed by atoms with Crippen molar-refractivity contribution < 1.29 is 4.79 Å². The lowest BCUT2D eigenvalue weighted by atomic mass is 10.0. The molecule has 2 N–H and O–H groups in total. The molecule has 0 aliphatic carbocycles. The van der Waals surface area contributed by atoms with Crippen LogP contribution < -0.4 is 0 Å². The van der Waals surface area contributed by atoms with Crippen LogP contribution in [0.1, 0.15) is 40.5 Å². The highest BCUT2D eigenvalue weighted by Crippen LogP contribution is 2.35. The fraction of sp³-hybridized carbons (Fsp3) is 0.368. The average molecular weight is 337 g/mol. The van der Waals surface area contributed by atoms with Crippen LogP contribution in [0.2, 0.25) is 0 Å². The summed E-state index contributed by atoms with van der Waals surface area (Å²) in [7, 11) is 3.55. The fourth-order valence-corrected chi connectivity index (χ4v) is 3.81. The summed E-state index contributed by atoms with van der Waals surface area (Å²) in [5, 5.41) is 8.50. The van der Waals surface area contributed by atoms with Gasteiger partial charge in [0.1, 0.15) is 0 Å². The van der Waals surface area contributed by atoms with Crippen molar-refractivity contribution in [3.05, 3.63) is 53.5 Å². The second-order valence-electron chi connectivity index (χ2n) is 6.88. The number of likely N-dealkylation sites (tertiary alicyclic amines) is 1. The average Bonchev–Trinajstić information content (AvgIpc) is 3.33. The molecule has 0 radical (unpaired) electrons. The van der Waals surface area contributed by atoms with E-state index in [0.717, 1.165) is 31.6 Å². The second-order valence-corrected chi connectivity index (χ2v) is 6.88. The quantitative estimate of drug-likeness (QED) is 0.769. The standard InChI is InChI=1S/C19H23N5O/c1-23(2)19(25)15-11-21-22-18(15)17-7-4-10-24(17)12-13-5-3-6-16-14(13)8-9-20-16/h3,5-6,8-9,11,17,20H,4,7,10,12H2,1-2H3,(H,21,22). The minimum absolute atomic E-state index is 0.00309. The Balaban J connectivity index is 1.63. The highest BCUT2D eigenvalue weighted by Gasteiger charge is 2.31. The molecule has 1 aromatic carbocycles. The van der Waals surface area contributed by atoms with Crippen molar-refractivity contribution in [1.29, 1.82) is 0 Å². The molecule has 1 amide bonds. The summed E-state index contributed by atoms with van der Waals surface area (Å²) in [6, 6.07) is 8.71. The summed E-state index contributed by atoms with van der Waals surface area (Å²) in [5.41, 5.74) is 4.10. The molecule has 1 atom stereocenters. The number of amides is 1. The predicted octanol–water partition coefficient (Wildman–Crippen LogP) is 2.93. The summed E-state index contributed by atoms with van der Waals surface area (Å²) in [6.07, 6.45) is 5.81. The molecule has 6 nitrogen and oxygen atoms in total. The monoisotopic (exact) mass is 337 g/mol. The molecule has 1 fully saturated rings. The maximum Gasteiger partial charge on any atom is 0.256 e. The SMILES string of the molecule is CN(C)C(=O)c1cn[nH]c1C1CCCN1Cc1cccc2[nH]ccc12. The summed E-state index contributed by atoms with van der Waals surface area (Å²) < 4.78 is 0. The molecule has 1 saturated heterocycles. The number of aromatic amines is 2. The summed E-state index contributed by atoms with van der Waals surface area (Å²) in [6.45, 7) is 1.90. The van der Waals surface area contributed by atoms with E-state index in [-0.39, 0.29) is 11.9 Å². The summed E-state index contributed by atoms with van der Waals surface area (Å²) in [4.78, 5) is 19.8. The second kappa shape index (κ2) is 6.37. The molecular formula is C19H23N5O. The molecular weight excluding hydrogens is 314 g/mol. The molecule has 1 aliphatic heterocycles. The molecule has 6 heteroatoms. The van der Waals surface area contributed by atoms with E-state index in [1.165, 1.54) is 16.5 Å². The summed E-state index contributed by atoms with van der Waals surface area (Å²) >= 11 is 0. The highest BCUT2D eigenvalue weighted by molar-refractivity contribution is 5.94. The number of fused-ring (bicyclic) bond motifs is 1. The van der Waals surface area contributed by atoms with Crippen LogP contribution >= 0.6 is 0 Å². The van der Waals surface area contributed by atoms with Gasteiger partial charge in [-0.15, -0.1) is 0 Å². The van der Waals surface area contributed by atoms with Gasteiger partial charge in [0.2, 0.25) is 0 Å². The Bertz CT molecular complexity index is 894. The van der Waals surface area contributed by atoms with Gasteiger partial charge >= 0.3 is 0 Å². The Morgan fingerprint density at radius 2 is 2.24 bits per heavy atom. The predicted molar refractivity (Wildman–Crippen MR) is 97.3 cm³/mol. The number of aromatic nitrogens is 3. The van der Waals surface area contributed by atoms with Crippen molar-refractivity contribution in [1.82, 2.24) is 25.0 Å². The molecule has 2 aromatic heterocycles. The van der Waals surface area contributed by atoms with E-state index in [2.05, 4.69) is 44.3 Å². The molecule has 1 aliphatic rings. The van der Waals surface area contributed by atoms with Gasteiger partial charge in [-0.25, -0.2) is 0 Å². The zero-order valence-corrected chi connectivity index (χ0v) is 14.6. The molecule has 0 spiro atoms. The van der Waals surface area contributed by atoms with Crippen LogP contribution in [0, 0.1) is 0 Å². The number of carbonyl (C=O) groups is 1. The van der Waals surface area contributed by atoms with Gasteiger partial charge in [-0.1, -0.05) is 12.1 Å². The van der Waals surface area contributed by atoms with Crippen LogP contribution in [0.15, 0.2) is 36.7 Å². The normalized spacial score (nSPS) is 18.1. The highest BCUT2D eigenvalue weighted by atomic mass is 16.2. The smallest absolute Gasteiger partial charge is 0.256 e. The Hall–Kier alpha value is -2.60. The number of H-pyrrole nitrogens is 2. The van der Waals surface area contributed by atoms with Crippen LogP contribution in [0.3, 0.4) is 0 Å². The third-order valence-corrected chi connectivity index (χ3v) is 5.06. The molecule has 0 saturated carbocycles. The van der Waals surface area contributed by atoms with E-state index in [0.29, 0.717) is 5.56 Å². The van der Waals surface area contributed by atoms with Crippen molar-refractivity contribution >= 4 is 16.8 Å². The van der Waals surface area contributed by atoms with E-state index < -0.39 is 0 Å². The Labute approximate surface area is 146 Å². The first-order chi connectivity index (χ1) is 12.1. The molecule has 4 rings (SSSR count). The van der Waals surface area contributed by atoms with E-state index in [1.54, 1.807) is 25.2 Å². The zero-order valence-electron chi connectivity index (χ0n) is 14.6. The molecule has 1 unspecified atom stereocenters. The van der Waals surface area contributed by atoms with Gasteiger partial charge in [-0.3, -0.25) is 14.8 Å². The van der Waals surface area contributed by atoms with Gasteiger partial charge in [0.15, 0.2) is 0 Å². The van der Waals surface area contributed by atoms with Crippen molar-refractivity contribution in [3.63, 3.8) is 0 Å². The minimum atomic E-state index is 0.00309. The number of nitrogens with one attached hydrogen (secondary N) is 2. The van der Waals surface area contributed by atoms with E-state index >= 15 is 0 Å². The lowest BCUT2D eigenvalue weighted by Crippen LogP contribution is -2.27. The lowest BCUT2D eigenvalue weighted by Gasteiger charge is -2.25. The van der Waals surface area contributed by atoms with E-state index in [4.69, 9.17) is 0 Å². The van der Waals surface area contributed by atoms with Crippen LogP contribution in [0.4, 0.5) is 0 Å². The van der Waals surface area contributed by atoms with E-state index in [9.17, 15) is 4.79 Å². The van der Waals surface area contributed by atoms with Gasteiger partial charge in [0.05, 0.1) is 23.5 Å². The Morgan fingerprint density at radius 1 is 1.36 bits per heavy atom. The van der Waals surface area contributed by atoms with Crippen LogP contribution in [-0.2, 0) is 6.54 Å². The van der Waals surface area contributed by atoms with Crippen molar-refractivity contribution in [2.24, 2.45) is 0 Å². The number of carbonyl (C=O) groups excluding carboxylic acids is 1. The number of benzene rings is 1. The van der Waals surface area contributed by atoms with Gasteiger partial charge in [0, 0.05) is 37.7 Å². The topological polar surface area (TPSA) is 68.0 Å². The van der Waals surface area contributed by atoms with Crippen LogP contribution in [0.5, 0.6) is 0 Å². The minimum Gasteiger partial charge on any atom is -0.361 e. The number of hydrogen-bond acceptors (Lipinski definition) is 3.